The van der Waals surface area contributed by atoms with Crippen LogP contribution in [0.4, 0.5) is 0 Å². The van der Waals surface area contributed by atoms with E-state index in [9.17, 15) is 14.4 Å². The Labute approximate surface area is 150 Å². The normalized spacial score (nSPS) is 9.77. The molecule has 2 N–H and O–H groups in total. The molecule has 2 aromatic carbocycles. The smallest absolute Gasteiger partial charge is 0.338 e. The van der Waals surface area contributed by atoms with Crippen molar-refractivity contribution in [1.29, 1.82) is 0 Å². The Morgan fingerprint density at radius 1 is 0.846 bits per heavy atom. The number of benzene rings is 2. The van der Waals surface area contributed by atoms with E-state index < -0.39 is 24.4 Å². The molecule has 0 saturated carbocycles. The van der Waals surface area contributed by atoms with Crippen molar-refractivity contribution in [3.8, 4) is 11.5 Å². The van der Waals surface area contributed by atoms with E-state index in [1.807, 2.05) is 0 Å². The van der Waals surface area contributed by atoms with E-state index in [4.69, 9.17) is 14.2 Å². The standard InChI is InChI=1S/C18H18N2O6/c1-24-14-9-8-13(10-15(14)25-2)18(23)26-11-16(21)19-20-17(22)12-6-4-3-5-7-12/h3-10H,11H2,1-2H3,(H,19,21)(H,20,22). The minimum absolute atomic E-state index is 0.198. The highest BCUT2D eigenvalue weighted by Gasteiger charge is 2.14. The molecular weight excluding hydrogens is 340 g/mol. The molecule has 8 nitrogen and oxygen atoms in total. The van der Waals surface area contributed by atoms with Gasteiger partial charge >= 0.3 is 5.97 Å². The SMILES string of the molecule is COc1ccc(C(=O)OCC(=O)NNC(=O)c2ccccc2)cc1OC. The maximum Gasteiger partial charge on any atom is 0.338 e. The largest absolute Gasteiger partial charge is 0.493 e. The van der Waals surface area contributed by atoms with Crippen molar-refractivity contribution in [2.45, 2.75) is 0 Å². The Morgan fingerprint density at radius 3 is 2.19 bits per heavy atom. The summed E-state index contributed by atoms with van der Waals surface area (Å²) in [5.41, 5.74) is 4.98. The van der Waals surface area contributed by atoms with Crippen molar-refractivity contribution in [3.63, 3.8) is 0 Å². The van der Waals surface area contributed by atoms with E-state index in [0.29, 0.717) is 17.1 Å². The van der Waals surface area contributed by atoms with Gasteiger partial charge in [-0.3, -0.25) is 20.4 Å². The summed E-state index contributed by atoms with van der Waals surface area (Å²) in [6.07, 6.45) is 0. The molecule has 0 bridgehead atoms. The fraction of sp³-hybridized carbons (Fsp3) is 0.167. The first-order chi connectivity index (χ1) is 12.5. The topological polar surface area (TPSA) is 103 Å². The molecule has 0 aliphatic carbocycles. The summed E-state index contributed by atoms with van der Waals surface area (Å²) < 4.78 is 15.1. The number of carbonyl (C=O) groups is 3. The van der Waals surface area contributed by atoms with Gasteiger partial charge in [0.15, 0.2) is 18.1 Å². The summed E-state index contributed by atoms with van der Waals surface area (Å²) in [5, 5.41) is 0. The van der Waals surface area contributed by atoms with Crippen LogP contribution in [-0.2, 0) is 9.53 Å². The fourth-order valence-corrected chi connectivity index (χ4v) is 2.00. The maximum atomic E-state index is 12.0. The molecule has 8 heteroatoms. The van der Waals surface area contributed by atoms with Crippen molar-refractivity contribution in [2.24, 2.45) is 0 Å². The zero-order chi connectivity index (χ0) is 18.9. The van der Waals surface area contributed by atoms with Gasteiger partial charge in [-0.05, 0) is 30.3 Å². The monoisotopic (exact) mass is 358 g/mol. The molecular formula is C18H18N2O6. The summed E-state index contributed by atoms with van der Waals surface area (Å²) >= 11 is 0. The van der Waals surface area contributed by atoms with E-state index in [0.717, 1.165) is 0 Å². The highest BCUT2D eigenvalue weighted by atomic mass is 16.5. The van der Waals surface area contributed by atoms with Crippen LogP contribution in [0.5, 0.6) is 11.5 Å². The number of ether oxygens (including phenoxy) is 3. The number of esters is 1. The number of hydrogen-bond acceptors (Lipinski definition) is 6. The highest BCUT2D eigenvalue weighted by molar-refractivity contribution is 5.96. The van der Waals surface area contributed by atoms with Gasteiger partial charge in [0, 0.05) is 5.56 Å². The molecule has 2 rings (SSSR count). The lowest BCUT2D eigenvalue weighted by atomic mass is 10.2. The Morgan fingerprint density at radius 2 is 1.54 bits per heavy atom. The number of carbonyl (C=O) groups excluding carboxylic acids is 3. The molecule has 2 aromatic rings. The summed E-state index contributed by atoms with van der Waals surface area (Å²) in [4.78, 5) is 35.5. The third-order valence-electron chi connectivity index (χ3n) is 3.31. The van der Waals surface area contributed by atoms with Gasteiger partial charge in [-0.1, -0.05) is 18.2 Å². The summed E-state index contributed by atoms with van der Waals surface area (Å²) in [6, 6.07) is 12.8. The van der Waals surface area contributed by atoms with Crippen molar-refractivity contribution in [1.82, 2.24) is 10.9 Å². The van der Waals surface area contributed by atoms with Gasteiger partial charge in [0.1, 0.15) is 0 Å². The van der Waals surface area contributed by atoms with E-state index in [-0.39, 0.29) is 5.56 Å². The summed E-state index contributed by atoms with van der Waals surface area (Å²) in [7, 11) is 2.92. The van der Waals surface area contributed by atoms with Crippen LogP contribution >= 0.6 is 0 Å². The Bertz CT molecular complexity index is 792. The molecule has 0 spiro atoms. The number of amides is 2. The van der Waals surface area contributed by atoms with E-state index in [2.05, 4.69) is 10.9 Å². The molecule has 0 aliphatic heterocycles. The van der Waals surface area contributed by atoms with Crippen LogP contribution in [0.15, 0.2) is 48.5 Å². The van der Waals surface area contributed by atoms with Crippen molar-refractivity contribution in [2.75, 3.05) is 20.8 Å². The Balaban J connectivity index is 1.83. The van der Waals surface area contributed by atoms with E-state index >= 15 is 0 Å². The Hall–Kier alpha value is -3.55. The number of hydrogen-bond donors (Lipinski definition) is 2. The minimum atomic E-state index is -0.713. The van der Waals surface area contributed by atoms with E-state index in [1.54, 1.807) is 36.4 Å². The number of rotatable bonds is 6. The average Bonchev–Trinajstić information content (AvgIpc) is 2.70. The molecule has 0 fully saturated rings. The van der Waals surface area contributed by atoms with Crippen LogP contribution in [0, 0.1) is 0 Å². The second kappa shape index (κ2) is 9.07. The van der Waals surface area contributed by atoms with Crippen LogP contribution in [-0.4, -0.2) is 38.6 Å². The van der Waals surface area contributed by atoms with Gasteiger partial charge in [0.05, 0.1) is 19.8 Å². The second-order valence-electron chi connectivity index (χ2n) is 5.01. The van der Waals surface area contributed by atoms with Crippen LogP contribution in [0.1, 0.15) is 20.7 Å². The third-order valence-corrected chi connectivity index (χ3v) is 3.31. The molecule has 0 aliphatic rings. The Kier molecular flexibility index (Phi) is 6.55. The van der Waals surface area contributed by atoms with Gasteiger partial charge in [-0.25, -0.2) is 4.79 Å². The number of nitrogens with one attached hydrogen (secondary N) is 2. The van der Waals surface area contributed by atoms with Crippen LogP contribution in [0.2, 0.25) is 0 Å². The van der Waals surface area contributed by atoms with Crippen molar-refractivity contribution >= 4 is 17.8 Å². The third kappa shape index (κ3) is 4.97. The van der Waals surface area contributed by atoms with Crippen LogP contribution in [0.3, 0.4) is 0 Å². The van der Waals surface area contributed by atoms with Gasteiger partial charge in [0.2, 0.25) is 0 Å². The van der Waals surface area contributed by atoms with Crippen molar-refractivity contribution < 1.29 is 28.6 Å². The van der Waals surface area contributed by atoms with Crippen LogP contribution < -0.4 is 20.3 Å². The first kappa shape index (κ1) is 18.8. The molecule has 26 heavy (non-hydrogen) atoms. The predicted octanol–water partition coefficient (Wildman–Crippen LogP) is 1.32. The zero-order valence-electron chi connectivity index (χ0n) is 14.3. The minimum Gasteiger partial charge on any atom is -0.493 e. The summed E-state index contributed by atoms with van der Waals surface area (Å²) in [5.74, 6) is -1.05. The van der Waals surface area contributed by atoms with E-state index in [1.165, 1.54) is 26.4 Å². The lowest BCUT2D eigenvalue weighted by Crippen LogP contribution is -2.43. The van der Waals surface area contributed by atoms with Crippen molar-refractivity contribution in [3.05, 3.63) is 59.7 Å². The molecule has 0 saturated heterocycles. The highest BCUT2D eigenvalue weighted by Crippen LogP contribution is 2.27. The number of methoxy groups -OCH3 is 2. The quantitative estimate of drug-likeness (QED) is 0.596. The van der Waals surface area contributed by atoms with Crippen LogP contribution in [0.25, 0.3) is 0 Å². The molecule has 0 radical (unpaired) electrons. The summed E-state index contributed by atoms with van der Waals surface area (Å²) in [6.45, 7) is -0.553. The number of hydrazine groups is 1. The lowest BCUT2D eigenvalue weighted by Gasteiger charge is -2.10. The lowest BCUT2D eigenvalue weighted by molar-refractivity contribution is -0.125. The fourth-order valence-electron chi connectivity index (χ4n) is 2.00. The van der Waals surface area contributed by atoms with Gasteiger partial charge < -0.3 is 14.2 Å². The molecule has 2 amide bonds. The molecule has 0 aromatic heterocycles. The molecule has 0 atom stereocenters. The molecule has 136 valence electrons. The van der Waals surface area contributed by atoms with Gasteiger partial charge in [-0.2, -0.15) is 0 Å². The van der Waals surface area contributed by atoms with Gasteiger partial charge in [0.25, 0.3) is 11.8 Å². The molecule has 0 unspecified atom stereocenters. The zero-order valence-corrected chi connectivity index (χ0v) is 14.3. The second-order valence-corrected chi connectivity index (χ2v) is 5.01. The molecule has 0 heterocycles. The average molecular weight is 358 g/mol. The predicted molar refractivity (Wildman–Crippen MR) is 91.9 cm³/mol. The van der Waals surface area contributed by atoms with Gasteiger partial charge in [-0.15, -0.1) is 0 Å². The maximum absolute atomic E-state index is 12.0. The first-order valence-corrected chi connectivity index (χ1v) is 7.58. The first-order valence-electron chi connectivity index (χ1n) is 7.58.